The van der Waals surface area contributed by atoms with E-state index in [0.717, 1.165) is 35.6 Å². The monoisotopic (exact) mass is 352 g/mol. The van der Waals surface area contributed by atoms with Crippen molar-refractivity contribution in [2.45, 2.75) is 25.9 Å². The normalized spacial score (nSPS) is 24.7. The molecule has 2 nitrogen and oxygen atoms in total. The van der Waals surface area contributed by atoms with Crippen LogP contribution in [0.4, 0.5) is 0 Å². The minimum absolute atomic E-state index is 0. The van der Waals surface area contributed by atoms with Crippen molar-refractivity contribution < 1.29 is 0 Å². The van der Waals surface area contributed by atoms with E-state index in [-0.39, 0.29) is 12.4 Å². The first kappa shape index (κ1) is 16.3. The van der Waals surface area contributed by atoms with Gasteiger partial charge in [0.25, 0.3) is 0 Å². The molecule has 1 aliphatic heterocycles. The molecular weight excluding hydrogens is 335 g/mol. The number of benzene rings is 1. The summed E-state index contributed by atoms with van der Waals surface area (Å²) in [7, 11) is 0. The fourth-order valence-electron chi connectivity index (χ4n) is 2.29. The highest BCUT2D eigenvalue weighted by molar-refractivity contribution is 9.10. The van der Waals surface area contributed by atoms with Crippen LogP contribution in [0.2, 0.25) is 5.02 Å². The molecule has 5 heteroatoms. The largest absolute Gasteiger partial charge is 0.327 e. The molecule has 0 bridgehead atoms. The fourth-order valence-corrected chi connectivity index (χ4v) is 2.74. The number of nitrogens with two attached hydrogens (primary N) is 1. The summed E-state index contributed by atoms with van der Waals surface area (Å²) in [5.74, 6) is 0.578. The third-order valence-corrected chi connectivity index (χ3v) is 4.68. The van der Waals surface area contributed by atoms with Crippen LogP contribution in [0, 0.1) is 5.92 Å². The van der Waals surface area contributed by atoms with E-state index in [9.17, 15) is 0 Å². The molecular formula is C13H19BrCl2N2. The summed E-state index contributed by atoms with van der Waals surface area (Å²) < 4.78 is 0.956. The lowest BCUT2D eigenvalue weighted by molar-refractivity contribution is 0.158. The van der Waals surface area contributed by atoms with Crippen molar-refractivity contribution in [2.24, 2.45) is 11.7 Å². The molecule has 18 heavy (non-hydrogen) atoms. The molecule has 1 aromatic rings. The summed E-state index contributed by atoms with van der Waals surface area (Å²) in [6.07, 6.45) is 1.09. The zero-order chi connectivity index (χ0) is 12.4. The Morgan fingerprint density at radius 3 is 2.83 bits per heavy atom. The first-order chi connectivity index (χ1) is 8.06. The van der Waals surface area contributed by atoms with E-state index >= 15 is 0 Å². The maximum atomic E-state index is 6.10. The van der Waals surface area contributed by atoms with Crippen LogP contribution in [0.15, 0.2) is 22.7 Å². The first-order valence-electron chi connectivity index (χ1n) is 5.98. The third-order valence-electron chi connectivity index (χ3n) is 3.45. The summed E-state index contributed by atoms with van der Waals surface area (Å²) in [4.78, 5) is 2.45. The minimum Gasteiger partial charge on any atom is -0.327 e. The molecule has 0 aliphatic carbocycles. The van der Waals surface area contributed by atoms with Crippen LogP contribution < -0.4 is 5.73 Å². The molecule has 0 amide bonds. The summed E-state index contributed by atoms with van der Waals surface area (Å²) in [6.45, 7) is 5.35. The van der Waals surface area contributed by atoms with Crippen LogP contribution in [0.5, 0.6) is 0 Å². The Balaban J connectivity index is 0.00000162. The summed E-state index contributed by atoms with van der Waals surface area (Å²) in [5, 5.41) is 0.782. The van der Waals surface area contributed by atoms with Gasteiger partial charge in [0.2, 0.25) is 0 Å². The average molecular weight is 354 g/mol. The molecule has 1 heterocycles. The molecule has 1 aliphatic rings. The molecule has 2 N–H and O–H groups in total. The van der Waals surface area contributed by atoms with Crippen LogP contribution in [-0.4, -0.2) is 24.0 Å². The Kier molecular flexibility index (Phi) is 6.42. The van der Waals surface area contributed by atoms with Crippen molar-refractivity contribution in [3.05, 3.63) is 33.3 Å². The Labute approximate surface area is 128 Å². The summed E-state index contributed by atoms with van der Waals surface area (Å²) in [5.41, 5.74) is 7.29. The van der Waals surface area contributed by atoms with E-state index in [4.69, 9.17) is 17.3 Å². The second-order valence-corrected chi connectivity index (χ2v) is 6.17. The summed E-state index contributed by atoms with van der Waals surface area (Å²) >= 11 is 9.51. The van der Waals surface area contributed by atoms with Gasteiger partial charge in [-0.3, -0.25) is 4.90 Å². The van der Waals surface area contributed by atoms with Crippen molar-refractivity contribution in [3.8, 4) is 0 Å². The Morgan fingerprint density at radius 1 is 1.50 bits per heavy atom. The second kappa shape index (κ2) is 7.11. The van der Waals surface area contributed by atoms with Crippen molar-refractivity contribution in [2.75, 3.05) is 13.1 Å². The Hall–Kier alpha value is 0.200. The van der Waals surface area contributed by atoms with Crippen molar-refractivity contribution in [1.29, 1.82) is 0 Å². The number of nitrogens with zero attached hydrogens (tertiary/aromatic N) is 1. The van der Waals surface area contributed by atoms with Gasteiger partial charge in [0, 0.05) is 23.6 Å². The van der Waals surface area contributed by atoms with Crippen LogP contribution >= 0.6 is 39.9 Å². The van der Waals surface area contributed by atoms with E-state index in [1.54, 1.807) is 0 Å². The summed E-state index contributed by atoms with van der Waals surface area (Å²) in [6, 6.07) is 6.52. The van der Waals surface area contributed by atoms with E-state index in [1.165, 1.54) is 5.56 Å². The molecule has 0 spiro atoms. The van der Waals surface area contributed by atoms with E-state index < -0.39 is 0 Å². The van der Waals surface area contributed by atoms with Gasteiger partial charge >= 0.3 is 0 Å². The maximum absolute atomic E-state index is 6.10. The highest BCUT2D eigenvalue weighted by atomic mass is 79.9. The fraction of sp³-hybridized carbons (Fsp3) is 0.538. The second-order valence-electron chi connectivity index (χ2n) is 4.91. The first-order valence-corrected chi connectivity index (χ1v) is 7.15. The highest BCUT2D eigenvalue weighted by Crippen LogP contribution is 2.24. The van der Waals surface area contributed by atoms with Gasteiger partial charge in [-0.15, -0.1) is 12.4 Å². The van der Waals surface area contributed by atoms with Gasteiger partial charge in [-0.1, -0.05) is 24.6 Å². The van der Waals surface area contributed by atoms with Crippen LogP contribution in [-0.2, 0) is 6.54 Å². The third kappa shape index (κ3) is 4.10. The predicted octanol–water partition coefficient (Wildman–Crippen LogP) is 3.69. The molecule has 1 saturated heterocycles. The van der Waals surface area contributed by atoms with Crippen LogP contribution in [0.25, 0.3) is 0 Å². The lowest BCUT2D eigenvalue weighted by atomic mass is 9.94. The van der Waals surface area contributed by atoms with E-state index in [1.807, 2.05) is 12.1 Å². The Morgan fingerprint density at radius 2 is 2.22 bits per heavy atom. The number of halogens is 3. The van der Waals surface area contributed by atoms with Gasteiger partial charge in [0.1, 0.15) is 0 Å². The van der Waals surface area contributed by atoms with Crippen LogP contribution in [0.1, 0.15) is 18.9 Å². The highest BCUT2D eigenvalue weighted by Gasteiger charge is 2.22. The molecule has 102 valence electrons. The van der Waals surface area contributed by atoms with Gasteiger partial charge in [-0.25, -0.2) is 0 Å². The quantitative estimate of drug-likeness (QED) is 0.878. The number of piperidine rings is 1. The van der Waals surface area contributed by atoms with Crippen LogP contribution in [0.3, 0.4) is 0 Å². The molecule has 0 saturated carbocycles. The minimum atomic E-state index is 0. The Bertz CT molecular complexity index is 401. The molecule has 2 rings (SSSR count). The van der Waals surface area contributed by atoms with Gasteiger partial charge in [-0.2, -0.15) is 0 Å². The average Bonchev–Trinajstić information content (AvgIpc) is 2.29. The lowest BCUT2D eigenvalue weighted by Gasteiger charge is -2.35. The van der Waals surface area contributed by atoms with Crippen molar-refractivity contribution in [3.63, 3.8) is 0 Å². The smallest absolute Gasteiger partial charge is 0.0551 e. The van der Waals surface area contributed by atoms with Crippen molar-refractivity contribution in [1.82, 2.24) is 4.90 Å². The van der Waals surface area contributed by atoms with E-state index in [2.05, 4.69) is 33.8 Å². The number of hydrogen-bond donors (Lipinski definition) is 1. The molecule has 2 atom stereocenters. The van der Waals surface area contributed by atoms with Gasteiger partial charge in [0.15, 0.2) is 0 Å². The topological polar surface area (TPSA) is 29.3 Å². The number of hydrogen-bond acceptors (Lipinski definition) is 2. The van der Waals surface area contributed by atoms with Gasteiger partial charge in [-0.05, 0) is 52.5 Å². The standard InChI is InChI=1S/C13H18BrClN2.ClH/c1-9-7-17(5-4-13(9)16)8-10-2-3-11(14)12(15)6-10;/h2-3,6,9,13H,4-5,7-8,16H2,1H3;1H. The molecule has 0 radical (unpaired) electrons. The molecule has 2 unspecified atom stereocenters. The van der Waals surface area contributed by atoms with Crippen molar-refractivity contribution >= 4 is 39.9 Å². The molecule has 1 aromatic carbocycles. The lowest BCUT2D eigenvalue weighted by Crippen LogP contribution is -2.45. The number of likely N-dealkylation sites (tertiary alicyclic amines) is 1. The molecule has 1 fully saturated rings. The predicted molar refractivity (Wildman–Crippen MR) is 83.4 cm³/mol. The zero-order valence-electron chi connectivity index (χ0n) is 10.4. The van der Waals surface area contributed by atoms with E-state index in [0.29, 0.717) is 12.0 Å². The number of rotatable bonds is 2. The molecule has 0 aromatic heterocycles. The van der Waals surface area contributed by atoms with Gasteiger partial charge in [0.05, 0.1) is 5.02 Å². The van der Waals surface area contributed by atoms with Gasteiger partial charge < -0.3 is 5.73 Å². The SMILES string of the molecule is CC1CN(Cc2ccc(Br)c(Cl)c2)CCC1N.Cl. The zero-order valence-corrected chi connectivity index (χ0v) is 13.6. The maximum Gasteiger partial charge on any atom is 0.0551 e.